The van der Waals surface area contributed by atoms with E-state index in [1.54, 1.807) is 11.8 Å². The van der Waals surface area contributed by atoms with Crippen molar-refractivity contribution in [3.05, 3.63) is 47.7 Å². The molecule has 1 N–H and O–H groups in total. The number of likely N-dealkylation sites (N-methyl/N-ethyl adjacent to an activating group) is 1. The molecule has 1 aliphatic heterocycles. The second kappa shape index (κ2) is 6.76. The van der Waals surface area contributed by atoms with Crippen LogP contribution < -0.4 is 5.32 Å². The highest BCUT2D eigenvalue weighted by Gasteiger charge is 2.24. The van der Waals surface area contributed by atoms with Crippen molar-refractivity contribution >= 4 is 0 Å². The van der Waals surface area contributed by atoms with Gasteiger partial charge in [-0.2, -0.15) is 0 Å². The van der Waals surface area contributed by atoms with Crippen LogP contribution in [0.25, 0.3) is 0 Å². The second-order valence-electron chi connectivity index (χ2n) is 5.50. The van der Waals surface area contributed by atoms with Crippen LogP contribution in [0, 0.1) is 0 Å². The number of hydrogen-bond acceptors (Lipinski definition) is 2. The van der Waals surface area contributed by atoms with Gasteiger partial charge in [0.15, 0.2) is 0 Å². The third-order valence-corrected chi connectivity index (χ3v) is 4.11. The number of aryl methyl sites for hydroxylation is 1. The zero-order chi connectivity index (χ0) is 13.7. The van der Waals surface area contributed by atoms with Gasteiger partial charge in [-0.3, -0.25) is 4.90 Å². The number of rotatable bonds is 6. The molecule has 0 amide bonds. The fraction of sp³-hybridized carbons (Fsp3) is 0.529. The zero-order valence-electron chi connectivity index (χ0n) is 12.3. The number of nitrogens with one attached hydrogen (secondary N) is 1. The van der Waals surface area contributed by atoms with Crippen LogP contribution >= 0.6 is 0 Å². The molecular weight excluding hydrogens is 232 g/mol. The van der Waals surface area contributed by atoms with Gasteiger partial charge in [0.2, 0.25) is 0 Å². The summed E-state index contributed by atoms with van der Waals surface area (Å²) in [6.07, 6.45) is 6.75. The van der Waals surface area contributed by atoms with Crippen molar-refractivity contribution in [1.82, 2.24) is 10.2 Å². The molecule has 104 valence electrons. The maximum absolute atomic E-state index is 3.74. The Bertz CT molecular complexity index is 425. The highest BCUT2D eigenvalue weighted by Crippen LogP contribution is 2.29. The van der Waals surface area contributed by atoms with Gasteiger partial charge in [0.25, 0.3) is 0 Å². The summed E-state index contributed by atoms with van der Waals surface area (Å²) >= 11 is 0. The van der Waals surface area contributed by atoms with Gasteiger partial charge in [0.1, 0.15) is 0 Å². The molecule has 1 aromatic rings. The third kappa shape index (κ3) is 3.38. The minimum atomic E-state index is 0.474. The average Bonchev–Trinajstić information content (AvgIpc) is 2.44. The molecule has 0 saturated carbocycles. The second-order valence-corrected chi connectivity index (χ2v) is 5.50. The Morgan fingerprint density at radius 1 is 1.47 bits per heavy atom. The molecular formula is C17H26N2. The molecule has 2 heteroatoms. The summed E-state index contributed by atoms with van der Waals surface area (Å²) < 4.78 is 0. The van der Waals surface area contributed by atoms with E-state index in [0.29, 0.717) is 6.04 Å². The first-order valence-corrected chi connectivity index (χ1v) is 7.42. The first-order valence-electron chi connectivity index (χ1n) is 7.42. The molecule has 0 aliphatic carbocycles. The molecule has 2 nitrogen and oxygen atoms in total. The molecule has 1 aliphatic rings. The lowest BCUT2D eigenvalue weighted by Crippen LogP contribution is -2.37. The summed E-state index contributed by atoms with van der Waals surface area (Å²) in [4.78, 5) is 2.44. The van der Waals surface area contributed by atoms with Gasteiger partial charge in [-0.05, 0) is 49.2 Å². The van der Waals surface area contributed by atoms with Crippen LogP contribution in [0.2, 0.25) is 0 Å². The van der Waals surface area contributed by atoms with E-state index in [-0.39, 0.29) is 0 Å². The molecule has 0 bridgehead atoms. The number of nitrogens with zero attached hydrogens (tertiary/aromatic N) is 1. The van der Waals surface area contributed by atoms with Crippen molar-refractivity contribution < 1.29 is 0 Å². The first kappa shape index (κ1) is 14.1. The van der Waals surface area contributed by atoms with Crippen molar-refractivity contribution in [2.24, 2.45) is 0 Å². The Morgan fingerprint density at radius 3 is 3.05 bits per heavy atom. The van der Waals surface area contributed by atoms with Gasteiger partial charge in [0.05, 0.1) is 6.04 Å². The number of hydrogen-bond donors (Lipinski definition) is 1. The summed E-state index contributed by atoms with van der Waals surface area (Å²) in [7, 11) is 2.21. The Balaban J connectivity index is 2.17. The Labute approximate surface area is 117 Å². The van der Waals surface area contributed by atoms with Crippen LogP contribution in [0.3, 0.4) is 0 Å². The van der Waals surface area contributed by atoms with E-state index in [4.69, 9.17) is 0 Å². The minimum Gasteiger partial charge on any atom is -0.389 e. The van der Waals surface area contributed by atoms with Crippen molar-refractivity contribution in [3.8, 4) is 0 Å². The summed E-state index contributed by atoms with van der Waals surface area (Å²) in [5.41, 5.74) is 4.53. The molecule has 1 heterocycles. The van der Waals surface area contributed by atoms with Crippen molar-refractivity contribution in [2.45, 2.75) is 38.6 Å². The first-order chi connectivity index (χ1) is 9.26. The van der Waals surface area contributed by atoms with Crippen LogP contribution in [0.1, 0.15) is 42.5 Å². The molecule has 0 fully saturated rings. The van der Waals surface area contributed by atoms with E-state index in [0.717, 1.165) is 13.1 Å². The highest BCUT2D eigenvalue weighted by atomic mass is 15.2. The van der Waals surface area contributed by atoms with Crippen molar-refractivity contribution in [1.29, 1.82) is 0 Å². The predicted octanol–water partition coefficient (Wildman–Crippen LogP) is 3.29. The molecule has 0 aromatic heterocycles. The number of unbranched alkanes of at least 4 members (excludes halogenated alkanes) is 1. The van der Waals surface area contributed by atoms with Crippen LogP contribution in [-0.2, 0) is 12.8 Å². The topological polar surface area (TPSA) is 15.3 Å². The number of benzene rings is 1. The Morgan fingerprint density at radius 2 is 2.32 bits per heavy atom. The Kier molecular flexibility index (Phi) is 5.03. The molecule has 0 saturated heterocycles. The van der Waals surface area contributed by atoms with Gasteiger partial charge in [0, 0.05) is 13.1 Å². The lowest BCUT2D eigenvalue weighted by molar-refractivity contribution is 0.229. The van der Waals surface area contributed by atoms with Crippen LogP contribution in [0.15, 0.2) is 31.0 Å². The summed E-state index contributed by atoms with van der Waals surface area (Å²) in [6, 6.07) is 7.56. The lowest BCUT2D eigenvalue weighted by Gasteiger charge is -2.35. The fourth-order valence-electron chi connectivity index (χ4n) is 2.89. The summed E-state index contributed by atoms with van der Waals surface area (Å²) in [5.74, 6) is 0. The highest BCUT2D eigenvalue weighted by molar-refractivity contribution is 5.36. The maximum Gasteiger partial charge on any atom is 0.0520 e. The largest absolute Gasteiger partial charge is 0.389 e. The van der Waals surface area contributed by atoms with Gasteiger partial charge in [-0.25, -0.2) is 0 Å². The summed E-state index contributed by atoms with van der Waals surface area (Å²) in [5, 5.41) is 3.26. The van der Waals surface area contributed by atoms with Gasteiger partial charge in [-0.1, -0.05) is 38.1 Å². The van der Waals surface area contributed by atoms with E-state index >= 15 is 0 Å². The van der Waals surface area contributed by atoms with Gasteiger partial charge in [-0.15, -0.1) is 0 Å². The molecule has 1 atom stereocenters. The predicted molar refractivity (Wildman–Crippen MR) is 82.3 cm³/mol. The monoisotopic (exact) mass is 258 g/mol. The minimum absolute atomic E-state index is 0.474. The quantitative estimate of drug-likeness (QED) is 0.842. The SMILES string of the molecule is C=CNCC1c2ccc(CCCC)cc2CCN1C. The van der Waals surface area contributed by atoms with E-state index in [1.165, 1.54) is 36.8 Å². The van der Waals surface area contributed by atoms with E-state index < -0.39 is 0 Å². The maximum atomic E-state index is 3.74. The normalized spacial score (nSPS) is 18.9. The average molecular weight is 258 g/mol. The Hall–Kier alpha value is -1.28. The summed E-state index contributed by atoms with van der Waals surface area (Å²) in [6.45, 7) is 8.09. The molecule has 0 radical (unpaired) electrons. The van der Waals surface area contributed by atoms with E-state index in [2.05, 4.69) is 49.0 Å². The smallest absolute Gasteiger partial charge is 0.0520 e. The van der Waals surface area contributed by atoms with Crippen LogP contribution in [0.5, 0.6) is 0 Å². The standard InChI is InChI=1S/C17H26N2/c1-4-6-7-14-8-9-16-15(12-14)10-11-19(3)17(16)13-18-5-2/h5,8-9,12,17-18H,2,4,6-7,10-11,13H2,1,3H3. The molecule has 1 unspecified atom stereocenters. The van der Waals surface area contributed by atoms with Gasteiger partial charge < -0.3 is 5.32 Å². The molecule has 2 rings (SSSR count). The lowest BCUT2D eigenvalue weighted by atomic mass is 9.90. The third-order valence-electron chi connectivity index (χ3n) is 4.11. The van der Waals surface area contributed by atoms with Crippen molar-refractivity contribution in [3.63, 3.8) is 0 Å². The van der Waals surface area contributed by atoms with E-state index in [1.807, 2.05) is 0 Å². The zero-order valence-corrected chi connectivity index (χ0v) is 12.3. The van der Waals surface area contributed by atoms with Crippen LogP contribution in [0.4, 0.5) is 0 Å². The fourth-order valence-corrected chi connectivity index (χ4v) is 2.89. The van der Waals surface area contributed by atoms with Crippen LogP contribution in [-0.4, -0.2) is 25.0 Å². The van der Waals surface area contributed by atoms with Crippen molar-refractivity contribution in [2.75, 3.05) is 20.1 Å². The van der Waals surface area contributed by atoms with E-state index in [9.17, 15) is 0 Å². The molecule has 0 spiro atoms. The molecule has 1 aromatic carbocycles. The van der Waals surface area contributed by atoms with Gasteiger partial charge >= 0.3 is 0 Å². The number of fused-ring (bicyclic) bond motifs is 1. The molecule has 19 heavy (non-hydrogen) atoms.